The fourth-order valence-corrected chi connectivity index (χ4v) is 2.10. The Hall–Kier alpha value is -1.65. The maximum absolute atomic E-state index is 10.7. The van der Waals surface area contributed by atoms with Crippen LogP contribution in [0.4, 0.5) is 11.5 Å². The van der Waals surface area contributed by atoms with Gasteiger partial charge in [-0.05, 0) is 31.2 Å². The number of pyridine rings is 1. The predicted octanol–water partition coefficient (Wildman–Crippen LogP) is 2.90. The number of anilines is 1. The topological polar surface area (TPSA) is 68.1 Å². The molecule has 17 heavy (non-hydrogen) atoms. The summed E-state index contributed by atoms with van der Waals surface area (Å²) in [5.41, 5.74) is 1.09. The Morgan fingerprint density at radius 3 is 2.76 bits per heavy atom. The summed E-state index contributed by atoms with van der Waals surface area (Å²) in [7, 11) is 0. The molecule has 1 aliphatic rings. The number of hydrogen-bond acceptors (Lipinski definition) is 4. The summed E-state index contributed by atoms with van der Waals surface area (Å²) in [6, 6.07) is 1.74. The number of aryl methyl sites for hydroxylation is 1. The van der Waals surface area contributed by atoms with E-state index in [4.69, 9.17) is 0 Å². The molecule has 0 bridgehead atoms. The number of nitrogens with one attached hydrogen (secondary N) is 1. The van der Waals surface area contributed by atoms with Crippen molar-refractivity contribution >= 4 is 11.5 Å². The van der Waals surface area contributed by atoms with E-state index in [1.807, 2.05) is 0 Å². The molecule has 1 aromatic rings. The first kappa shape index (κ1) is 11.8. The van der Waals surface area contributed by atoms with Crippen LogP contribution in [0, 0.1) is 22.5 Å². The van der Waals surface area contributed by atoms with Crippen LogP contribution in [0.1, 0.15) is 31.7 Å². The van der Waals surface area contributed by atoms with Crippen molar-refractivity contribution < 1.29 is 4.92 Å². The first-order valence-corrected chi connectivity index (χ1v) is 5.85. The van der Waals surface area contributed by atoms with Crippen LogP contribution in [0.15, 0.2) is 12.3 Å². The van der Waals surface area contributed by atoms with E-state index in [-0.39, 0.29) is 5.69 Å². The highest BCUT2D eigenvalue weighted by atomic mass is 16.6. The van der Waals surface area contributed by atoms with E-state index in [0.717, 1.165) is 12.4 Å². The lowest BCUT2D eigenvalue weighted by atomic mass is 9.70. The van der Waals surface area contributed by atoms with E-state index in [2.05, 4.69) is 17.2 Å². The summed E-state index contributed by atoms with van der Waals surface area (Å²) in [6.07, 6.45) is 5.10. The van der Waals surface area contributed by atoms with E-state index in [0.29, 0.717) is 11.0 Å². The van der Waals surface area contributed by atoms with Crippen LogP contribution in [-0.4, -0.2) is 16.5 Å². The molecule has 1 fully saturated rings. The first-order chi connectivity index (χ1) is 8.00. The van der Waals surface area contributed by atoms with Gasteiger partial charge in [-0.15, -0.1) is 0 Å². The van der Waals surface area contributed by atoms with Gasteiger partial charge in [0.05, 0.1) is 4.92 Å². The van der Waals surface area contributed by atoms with E-state index in [1.165, 1.54) is 25.5 Å². The lowest BCUT2D eigenvalue weighted by molar-refractivity contribution is -0.385. The molecule has 0 radical (unpaired) electrons. The molecule has 0 atom stereocenters. The highest BCUT2D eigenvalue weighted by Crippen LogP contribution is 2.40. The Morgan fingerprint density at radius 2 is 2.29 bits per heavy atom. The summed E-state index contributed by atoms with van der Waals surface area (Å²) in [5.74, 6) is 0.723. The zero-order valence-corrected chi connectivity index (χ0v) is 10.2. The van der Waals surface area contributed by atoms with Crippen molar-refractivity contribution in [3.63, 3.8) is 0 Å². The standard InChI is InChI=1S/C12H17N3O2/c1-9-6-11(13-7-10(9)15(16)17)14-8-12(2)4-3-5-12/h6-7H,3-5,8H2,1-2H3,(H,13,14). The van der Waals surface area contributed by atoms with E-state index < -0.39 is 4.92 Å². The monoisotopic (exact) mass is 235 g/mol. The third-order valence-electron chi connectivity index (χ3n) is 3.54. The van der Waals surface area contributed by atoms with E-state index in [1.54, 1.807) is 13.0 Å². The highest BCUT2D eigenvalue weighted by Gasteiger charge is 2.31. The number of rotatable bonds is 4. The number of hydrogen-bond donors (Lipinski definition) is 1. The maximum Gasteiger partial charge on any atom is 0.290 e. The van der Waals surface area contributed by atoms with Crippen LogP contribution in [-0.2, 0) is 0 Å². The van der Waals surface area contributed by atoms with E-state index in [9.17, 15) is 10.1 Å². The number of aromatic nitrogens is 1. The molecule has 5 nitrogen and oxygen atoms in total. The molecule has 5 heteroatoms. The molecule has 0 amide bonds. The van der Waals surface area contributed by atoms with Crippen molar-refractivity contribution in [2.75, 3.05) is 11.9 Å². The van der Waals surface area contributed by atoms with Crippen LogP contribution in [0.25, 0.3) is 0 Å². The quantitative estimate of drug-likeness (QED) is 0.643. The van der Waals surface area contributed by atoms with Gasteiger partial charge >= 0.3 is 0 Å². The second-order valence-electron chi connectivity index (χ2n) is 5.13. The maximum atomic E-state index is 10.7. The van der Waals surface area contributed by atoms with Crippen LogP contribution in [0.2, 0.25) is 0 Å². The molecule has 1 aliphatic carbocycles. The van der Waals surface area contributed by atoms with Gasteiger partial charge in [-0.1, -0.05) is 13.3 Å². The molecule has 0 unspecified atom stereocenters. The van der Waals surface area contributed by atoms with Crippen molar-refractivity contribution in [2.24, 2.45) is 5.41 Å². The summed E-state index contributed by atoms with van der Waals surface area (Å²) < 4.78 is 0. The Labute approximate surface area is 100 Å². The SMILES string of the molecule is Cc1cc(NCC2(C)CCC2)ncc1[N+](=O)[O-]. The fourth-order valence-electron chi connectivity index (χ4n) is 2.10. The average Bonchev–Trinajstić information content (AvgIpc) is 2.23. The first-order valence-electron chi connectivity index (χ1n) is 5.85. The van der Waals surface area contributed by atoms with Crippen LogP contribution in [0.5, 0.6) is 0 Å². The molecule has 1 saturated carbocycles. The molecule has 0 aliphatic heterocycles. The van der Waals surface area contributed by atoms with Crippen LogP contribution >= 0.6 is 0 Å². The number of nitro groups is 1. The van der Waals surface area contributed by atoms with Gasteiger partial charge in [0, 0.05) is 12.1 Å². The van der Waals surface area contributed by atoms with Gasteiger partial charge in [0.15, 0.2) is 0 Å². The third-order valence-corrected chi connectivity index (χ3v) is 3.54. The summed E-state index contributed by atoms with van der Waals surface area (Å²) >= 11 is 0. The molecular formula is C12H17N3O2. The molecule has 0 spiro atoms. The molecule has 92 valence electrons. The molecule has 1 N–H and O–H groups in total. The molecule has 1 aromatic heterocycles. The molecule has 2 rings (SSSR count). The van der Waals surface area contributed by atoms with Gasteiger partial charge in [-0.3, -0.25) is 10.1 Å². The van der Waals surface area contributed by atoms with Crippen molar-refractivity contribution in [1.29, 1.82) is 0 Å². The summed E-state index contributed by atoms with van der Waals surface area (Å²) in [5, 5.41) is 13.9. The second-order valence-corrected chi connectivity index (χ2v) is 5.13. The minimum absolute atomic E-state index is 0.0744. The van der Waals surface area contributed by atoms with Gasteiger partial charge in [-0.25, -0.2) is 4.98 Å². The zero-order valence-electron chi connectivity index (χ0n) is 10.2. The Morgan fingerprint density at radius 1 is 1.59 bits per heavy atom. The smallest absolute Gasteiger partial charge is 0.290 e. The van der Waals surface area contributed by atoms with Crippen LogP contribution < -0.4 is 5.32 Å². The molecule has 0 aromatic carbocycles. The van der Waals surface area contributed by atoms with Gasteiger partial charge < -0.3 is 5.32 Å². The average molecular weight is 235 g/mol. The second kappa shape index (κ2) is 4.31. The third kappa shape index (κ3) is 2.54. The molecule has 1 heterocycles. The Balaban J connectivity index is 2.02. The van der Waals surface area contributed by atoms with Gasteiger partial charge in [0.1, 0.15) is 12.0 Å². The molecule has 0 saturated heterocycles. The lowest BCUT2D eigenvalue weighted by Crippen LogP contribution is -2.33. The number of nitrogens with zero attached hydrogens (tertiary/aromatic N) is 2. The Bertz CT molecular complexity index is 441. The normalized spacial score (nSPS) is 17.3. The van der Waals surface area contributed by atoms with Crippen molar-refractivity contribution in [3.05, 3.63) is 27.9 Å². The van der Waals surface area contributed by atoms with Gasteiger partial charge in [-0.2, -0.15) is 0 Å². The zero-order chi connectivity index (χ0) is 12.5. The predicted molar refractivity (Wildman–Crippen MR) is 66.1 cm³/mol. The Kier molecular flexibility index (Phi) is 3.00. The summed E-state index contributed by atoms with van der Waals surface area (Å²) in [6.45, 7) is 4.87. The summed E-state index contributed by atoms with van der Waals surface area (Å²) in [4.78, 5) is 14.3. The minimum atomic E-state index is -0.403. The van der Waals surface area contributed by atoms with Crippen molar-refractivity contribution in [1.82, 2.24) is 4.98 Å². The minimum Gasteiger partial charge on any atom is -0.370 e. The largest absolute Gasteiger partial charge is 0.370 e. The highest BCUT2D eigenvalue weighted by molar-refractivity contribution is 5.46. The van der Waals surface area contributed by atoms with Crippen molar-refractivity contribution in [3.8, 4) is 0 Å². The van der Waals surface area contributed by atoms with Crippen LogP contribution in [0.3, 0.4) is 0 Å². The lowest BCUT2D eigenvalue weighted by Gasteiger charge is -2.38. The van der Waals surface area contributed by atoms with E-state index >= 15 is 0 Å². The molecular weight excluding hydrogens is 218 g/mol. The van der Waals surface area contributed by atoms with Gasteiger partial charge in [0.2, 0.25) is 0 Å². The van der Waals surface area contributed by atoms with Crippen molar-refractivity contribution in [2.45, 2.75) is 33.1 Å². The van der Waals surface area contributed by atoms with Gasteiger partial charge in [0.25, 0.3) is 5.69 Å². The fraction of sp³-hybridized carbons (Fsp3) is 0.583.